The van der Waals surface area contributed by atoms with E-state index in [0.717, 1.165) is 4.47 Å². The van der Waals surface area contributed by atoms with Crippen LogP contribution in [-0.4, -0.2) is 46.5 Å². The highest BCUT2D eigenvalue weighted by Crippen LogP contribution is 2.38. The largest absolute Gasteiger partial charge is 0.493 e. The van der Waals surface area contributed by atoms with Gasteiger partial charge in [-0.3, -0.25) is 4.79 Å². The van der Waals surface area contributed by atoms with E-state index < -0.39 is 5.97 Å². The van der Waals surface area contributed by atoms with Gasteiger partial charge in [0, 0.05) is 10.0 Å². The summed E-state index contributed by atoms with van der Waals surface area (Å²) in [4.78, 5) is 25.0. The molecule has 3 rings (SSSR count). The molecule has 0 saturated carbocycles. The summed E-state index contributed by atoms with van der Waals surface area (Å²) < 4.78 is 27.6. The van der Waals surface area contributed by atoms with Gasteiger partial charge in [-0.25, -0.2) is 10.2 Å². The zero-order valence-corrected chi connectivity index (χ0v) is 21.0. The van der Waals surface area contributed by atoms with Gasteiger partial charge in [-0.05, 0) is 60.2 Å². The molecule has 0 aromatic heterocycles. The Morgan fingerprint density at radius 1 is 0.771 bits per heavy atom. The van der Waals surface area contributed by atoms with Crippen LogP contribution in [0.3, 0.4) is 0 Å². The minimum Gasteiger partial charge on any atom is -0.493 e. The van der Waals surface area contributed by atoms with Gasteiger partial charge in [0.25, 0.3) is 5.91 Å². The number of benzene rings is 3. The van der Waals surface area contributed by atoms with Gasteiger partial charge in [-0.1, -0.05) is 15.9 Å². The maximum atomic E-state index is 12.8. The van der Waals surface area contributed by atoms with E-state index in [9.17, 15) is 9.59 Å². The molecule has 9 nitrogen and oxygen atoms in total. The molecule has 3 aromatic carbocycles. The summed E-state index contributed by atoms with van der Waals surface area (Å²) >= 11 is 3.32. The summed E-state index contributed by atoms with van der Waals surface area (Å²) in [5.74, 6) is 0.503. The predicted molar refractivity (Wildman–Crippen MR) is 133 cm³/mol. The normalized spacial score (nSPS) is 10.5. The zero-order valence-electron chi connectivity index (χ0n) is 19.5. The van der Waals surface area contributed by atoms with Crippen LogP contribution in [0.2, 0.25) is 0 Å². The van der Waals surface area contributed by atoms with Crippen LogP contribution < -0.4 is 29.1 Å². The molecule has 0 atom stereocenters. The number of methoxy groups -OCH3 is 4. The number of esters is 1. The number of carbonyl (C=O) groups excluding carboxylic acids is 2. The lowest BCUT2D eigenvalue weighted by Crippen LogP contribution is -2.17. The van der Waals surface area contributed by atoms with Crippen molar-refractivity contribution in [3.63, 3.8) is 0 Å². The molecular formula is C25H23BrN2O7. The lowest BCUT2D eigenvalue weighted by atomic mass is 10.1. The van der Waals surface area contributed by atoms with Gasteiger partial charge in [0.15, 0.2) is 23.0 Å². The van der Waals surface area contributed by atoms with Crippen molar-refractivity contribution in [2.24, 2.45) is 5.10 Å². The molecule has 0 fully saturated rings. The van der Waals surface area contributed by atoms with Crippen LogP contribution in [0.25, 0.3) is 0 Å². The third kappa shape index (κ3) is 6.30. The Morgan fingerprint density at radius 3 is 1.97 bits per heavy atom. The number of rotatable bonds is 9. The van der Waals surface area contributed by atoms with E-state index in [1.807, 2.05) is 0 Å². The number of halogens is 1. The first-order chi connectivity index (χ1) is 16.9. The molecule has 1 N–H and O–H groups in total. The third-order valence-electron chi connectivity index (χ3n) is 4.78. The van der Waals surface area contributed by atoms with E-state index in [1.165, 1.54) is 46.8 Å². The zero-order chi connectivity index (χ0) is 25.4. The minimum atomic E-state index is -0.647. The van der Waals surface area contributed by atoms with Crippen LogP contribution >= 0.6 is 15.9 Å². The van der Waals surface area contributed by atoms with Crippen molar-refractivity contribution in [2.75, 3.05) is 28.4 Å². The van der Waals surface area contributed by atoms with Crippen LogP contribution in [0.15, 0.2) is 64.2 Å². The summed E-state index contributed by atoms with van der Waals surface area (Å²) in [5, 5.41) is 3.97. The Bertz CT molecular complexity index is 1220. The Morgan fingerprint density at radius 2 is 1.40 bits per heavy atom. The summed E-state index contributed by atoms with van der Waals surface area (Å²) in [7, 11) is 5.83. The predicted octanol–water partition coefficient (Wildman–Crippen LogP) is 4.47. The van der Waals surface area contributed by atoms with Crippen LogP contribution in [0, 0.1) is 0 Å². The van der Waals surface area contributed by atoms with Crippen molar-refractivity contribution in [3.8, 4) is 28.7 Å². The number of nitrogens with zero attached hydrogens (tertiary/aromatic N) is 1. The Hall–Kier alpha value is -4.05. The van der Waals surface area contributed by atoms with Crippen molar-refractivity contribution in [3.05, 3.63) is 75.8 Å². The molecule has 0 saturated heterocycles. The SMILES string of the molecule is COc1cc(C=NNC(=O)c2ccc(Br)cc2)ccc1OC(=O)c1cc(OC)c(OC)c(OC)c1. The first kappa shape index (κ1) is 25.6. The third-order valence-corrected chi connectivity index (χ3v) is 5.31. The second-order valence-electron chi connectivity index (χ2n) is 6.92. The van der Waals surface area contributed by atoms with Gasteiger partial charge in [0.05, 0.1) is 40.2 Å². The van der Waals surface area contributed by atoms with Crippen molar-refractivity contribution in [1.29, 1.82) is 0 Å². The number of hydrazone groups is 1. The first-order valence-corrected chi connectivity index (χ1v) is 11.0. The Labute approximate surface area is 210 Å². The molecule has 0 radical (unpaired) electrons. The van der Waals surface area contributed by atoms with Gasteiger partial charge < -0.3 is 23.7 Å². The number of amides is 1. The quantitative estimate of drug-likeness (QED) is 0.184. The molecule has 0 bridgehead atoms. The summed E-state index contributed by atoms with van der Waals surface area (Å²) in [6.07, 6.45) is 1.45. The van der Waals surface area contributed by atoms with Gasteiger partial charge >= 0.3 is 5.97 Å². The fourth-order valence-electron chi connectivity index (χ4n) is 3.04. The van der Waals surface area contributed by atoms with Gasteiger partial charge in [0.1, 0.15) is 0 Å². The molecule has 10 heteroatoms. The summed E-state index contributed by atoms with van der Waals surface area (Å²) in [6, 6.07) is 14.7. The molecule has 0 heterocycles. The second-order valence-corrected chi connectivity index (χ2v) is 7.84. The second kappa shape index (κ2) is 11.9. The smallest absolute Gasteiger partial charge is 0.343 e. The molecule has 0 spiro atoms. The number of carbonyl (C=O) groups is 2. The lowest BCUT2D eigenvalue weighted by molar-refractivity contribution is 0.0728. The molecule has 0 aliphatic heterocycles. The van der Waals surface area contributed by atoms with Crippen molar-refractivity contribution in [2.45, 2.75) is 0 Å². The molecule has 1 amide bonds. The molecular weight excluding hydrogens is 520 g/mol. The highest BCUT2D eigenvalue weighted by Gasteiger charge is 2.19. The average molecular weight is 543 g/mol. The van der Waals surface area contributed by atoms with Crippen molar-refractivity contribution >= 4 is 34.0 Å². The van der Waals surface area contributed by atoms with Crippen LogP contribution in [-0.2, 0) is 0 Å². The number of hydrogen-bond acceptors (Lipinski definition) is 8. The Balaban J connectivity index is 1.73. The monoisotopic (exact) mass is 542 g/mol. The lowest BCUT2D eigenvalue weighted by Gasteiger charge is -2.14. The number of ether oxygens (including phenoxy) is 5. The topological polar surface area (TPSA) is 105 Å². The number of nitrogens with one attached hydrogen (secondary N) is 1. The van der Waals surface area contributed by atoms with Gasteiger partial charge in [-0.2, -0.15) is 5.10 Å². The van der Waals surface area contributed by atoms with Gasteiger partial charge in [0.2, 0.25) is 5.75 Å². The van der Waals surface area contributed by atoms with E-state index >= 15 is 0 Å². The summed E-state index contributed by atoms with van der Waals surface area (Å²) in [6.45, 7) is 0. The van der Waals surface area contributed by atoms with Gasteiger partial charge in [-0.15, -0.1) is 0 Å². The first-order valence-electron chi connectivity index (χ1n) is 10.2. The highest BCUT2D eigenvalue weighted by atomic mass is 79.9. The van der Waals surface area contributed by atoms with Crippen LogP contribution in [0.1, 0.15) is 26.3 Å². The van der Waals surface area contributed by atoms with E-state index in [4.69, 9.17) is 23.7 Å². The van der Waals surface area contributed by atoms with E-state index in [1.54, 1.807) is 42.5 Å². The van der Waals surface area contributed by atoms with Crippen molar-refractivity contribution in [1.82, 2.24) is 5.43 Å². The van der Waals surface area contributed by atoms with Crippen molar-refractivity contribution < 1.29 is 33.3 Å². The number of hydrogen-bond donors (Lipinski definition) is 1. The highest BCUT2D eigenvalue weighted by molar-refractivity contribution is 9.10. The molecule has 3 aromatic rings. The van der Waals surface area contributed by atoms with Crippen LogP contribution in [0.4, 0.5) is 0 Å². The fraction of sp³-hybridized carbons (Fsp3) is 0.160. The van der Waals surface area contributed by atoms with E-state index in [2.05, 4.69) is 26.5 Å². The molecule has 0 aliphatic carbocycles. The van der Waals surface area contributed by atoms with E-state index in [-0.39, 0.29) is 17.2 Å². The maximum absolute atomic E-state index is 12.8. The summed E-state index contributed by atoms with van der Waals surface area (Å²) in [5.41, 5.74) is 3.74. The average Bonchev–Trinajstić information content (AvgIpc) is 2.88. The Kier molecular flexibility index (Phi) is 8.69. The fourth-order valence-corrected chi connectivity index (χ4v) is 3.30. The molecule has 35 heavy (non-hydrogen) atoms. The molecule has 182 valence electrons. The standard InChI is InChI=1S/C25H23BrN2O7/c1-31-20-11-15(14-27-28-24(29)16-6-8-18(26)9-7-16)5-10-19(20)35-25(30)17-12-21(32-2)23(34-4)22(13-17)33-3/h5-14H,1-4H3,(H,28,29). The maximum Gasteiger partial charge on any atom is 0.343 e. The molecule has 0 aliphatic rings. The molecule has 0 unspecified atom stereocenters. The van der Waals surface area contributed by atoms with E-state index in [0.29, 0.717) is 34.1 Å². The van der Waals surface area contributed by atoms with Crippen LogP contribution in [0.5, 0.6) is 28.7 Å². The minimum absolute atomic E-state index is 0.197.